The molecule has 0 amide bonds. The van der Waals surface area contributed by atoms with E-state index in [4.69, 9.17) is 0 Å². The van der Waals surface area contributed by atoms with Crippen molar-refractivity contribution < 1.29 is 0 Å². The van der Waals surface area contributed by atoms with Gasteiger partial charge in [-0.2, -0.15) is 0 Å². The van der Waals surface area contributed by atoms with E-state index >= 15 is 0 Å². The molecule has 0 heterocycles. The van der Waals surface area contributed by atoms with Gasteiger partial charge in [0.15, 0.2) is 0 Å². The fourth-order valence-electron chi connectivity index (χ4n) is 0. The molecule has 0 atom stereocenters. The van der Waals surface area contributed by atoms with Gasteiger partial charge < -0.3 is 0 Å². The van der Waals surface area contributed by atoms with Gasteiger partial charge in [-0.3, -0.25) is 0 Å². The molecular weight excluding hydrogens is 79.0 g/mol. The van der Waals surface area contributed by atoms with E-state index in [0.29, 0.717) is 0 Å². The van der Waals surface area contributed by atoms with Crippen LogP contribution in [0.3, 0.4) is 0 Å². The van der Waals surface area contributed by atoms with Crippen LogP contribution in [0.25, 0.3) is 0 Å². The molecule has 0 aromatic carbocycles. The van der Waals surface area contributed by atoms with Crippen LogP contribution in [0.2, 0.25) is 0 Å². The zero-order valence-electron chi connectivity index (χ0n) is 4.24. The normalized spacial score (nSPS) is 1.71. The first-order valence-corrected chi connectivity index (χ1v) is 1.50. The van der Waals surface area contributed by atoms with Gasteiger partial charge in [-0.05, 0) is 0 Å². The maximum absolute atomic E-state index is 3.00. The van der Waals surface area contributed by atoms with Gasteiger partial charge in [0.2, 0.25) is 0 Å². The summed E-state index contributed by atoms with van der Waals surface area (Å²) in [6, 6.07) is 0. The average Bonchev–Trinajstić information content (AvgIpc) is 1.81. The van der Waals surface area contributed by atoms with Gasteiger partial charge in [-0.1, -0.05) is 0 Å². The Bertz CT molecular complexity index is 8.90. The van der Waals surface area contributed by atoms with Crippen LogP contribution in [-0.4, -0.2) is 18.9 Å². The van der Waals surface area contributed by atoms with Crippen molar-refractivity contribution in [2.45, 2.75) is 0 Å². The summed E-state index contributed by atoms with van der Waals surface area (Å²) in [6.07, 6.45) is 0. The molecule has 0 N–H and O–H groups in total. The summed E-state index contributed by atoms with van der Waals surface area (Å²) >= 11 is 0. The minimum atomic E-state index is 0. The summed E-state index contributed by atoms with van der Waals surface area (Å²) < 4.78 is 0. The van der Waals surface area contributed by atoms with Gasteiger partial charge in [0.05, 0.1) is 0 Å². The second-order valence-corrected chi connectivity index (χ2v) is 0. The van der Waals surface area contributed by atoms with Crippen molar-refractivity contribution >= 4 is 18.9 Å². The van der Waals surface area contributed by atoms with E-state index in [2.05, 4.69) is 39.5 Å². The van der Waals surface area contributed by atoms with Crippen LogP contribution in [0.15, 0.2) is 39.5 Å². The number of rotatable bonds is 0. The molecule has 0 aliphatic rings. The topological polar surface area (TPSA) is 0 Å². The molecule has 0 spiro atoms. The first-order valence-electron chi connectivity index (χ1n) is 1.50. The van der Waals surface area contributed by atoms with Crippen molar-refractivity contribution in [3.63, 3.8) is 0 Å². The van der Waals surface area contributed by atoms with Gasteiger partial charge in [0.1, 0.15) is 0 Å². The van der Waals surface area contributed by atoms with E-state index in [-0.39, 0.29) is 18.9 Å². The van der Waals surface area contributed by atoms with Crippen LogP contribution >= 0.6 is 0 Å². The first kappa shape index (κ1) is 29.1. The summed E-state index contributed by atoms with van der Waals surface area (Å²) in [5.41, 5.74) is 0. The molecule has 0 rings (SSSR count). The molecule has 0 aliphatic heterocycles. The molecule has 0 aliphatic carbocycles. The van der Waals surface area contributed by atoms with Crippen molar-refractivity contribution in [1.82, 2.24) is 0 Å². The molecule has 0 nitrogen and oxygen atoms in total. The van der Waals surface area contributed by atoms with E-state index in [9.17, 15) is 0 Å². The van der Waals surface area contributed by atoms with Crippen LogP contribution in [0, 0.1) is 0 Å². The van der Waals surface area contributed by atoms with Crippen LogP contribution in [0.4, 0.5) is 0 Å². The molecule has 0 radical (unpaired) electrons. The van der Waals surface area contributed by atoms with E-state index < -0.39 is 0 Å². The quantitative estimate of drug-likeness (QED) is 0.315. The third kappa shape index (κ3) is 2540. The zero-order valence-corrected chi connectivity index (χ0v) is 4.24. The molecule has 1 heteroatoms. The monoisotopic (exact) mass is 92.1 g/mol. The predicted molar refractivity (Wildman–Crippen MR) is 40.9 cm³/mol. The van der Waals surface area contributed by atoms with Crippen LogP contribution in [0.1, 0.15) is 0 Å². The van der Waals surface area contributed by atoms with Gasteiger partial charge in [-0.15, -0.1) is 39.5 Å². The Hall–Kier alpha value is -0.183. The van der Waals surface area contributed by atoms with Crippen LogP contribution < -0.4 is 0 Å². The molecule has 38 valence electrons. The van der Waals surface area contributed by atoms with Crippen molar-refractivity contribution in [1.29, 1.82) is 0 Å². The summed E-state index contributed by atoms with van der Waals surface area (Å²) in [5.74, 6) is 0. The molecule has 0 saturated carbocycles. The molecule has 0 fully saturated rings. The van der Waals surface area contributed by atoms with Crippen molar-refractivity contribution in [3.05, 3.63) is 39.5 Å². The molecule has 7 heavy (non-hydrogen) atoms. The summed E-state index contributed by atoms with van der Waals surface area (Å²) in [7, 11) is 0. The van der Waals surface area contributed by atoms with E-state index in [1.165, 1.54) is 0 Å². The number of hydrogen-bond acceptors (Lipinski definition) is 0. The van der Waals surface area contributed by atoms with Crippen molar-refractivity contribution in [2.75, 3.05) is 0 Å². The van der Waals surface area contributed by atoms with Crippen LogP contribution in [-0.2, 0) is 0 Å². The molecule has 0 aromatic heterocycles. The van der Waals surface area contributed by atoms with Crippen LogP contribution in [0.5, 0.6) is 0 Å². The first-order chi connectivity index (χ1) is 3.00. The third-order valence-corrected chi connectivity index (χ3v) is 0. The summed E-state index contributed by atoms with van der Waals surface area (Å²) in [4.78, 5) is 0. The Morgan fingerprint density at radius 3 is 0.429 bits per heavy atom. The maximum atomic E-state index is 3.00. The van der Waals surface area contributed by atoms with E-state index in [0.717, 1.165) is 0 Å². The summed E-state index contributed by atoms with van der Waals surface area (Å²) in [5, 5.41) is 0. The van der Waals surface area contributed by atoms with Crippen molar-refractivity contribution in [3.8, 4) is 0 Å². The molecule has 0 unspecified atom stereocenters. The fourth-order valence-corrected chi connectivity index (χ4v) is 0. The number of hydrogen-bond donors (Lipinski definition) is 0. The van der Waals surface area contributed by atoms with Gasteiger partial charge in [0, 0.05) is 0 Å². The SMILES string of the molecule is C=C.C=C.C=C.[LiH]. The molecular formula is C6H13Li. The van der Waals surface area contributed by atoms with E-state index in [1.54, 1.807) is 0 Å². The predicted octanol–water partition coefficient (Wildman–Crippen LogP) is 1.76. The molecule has 0 aromatic rings. The Balaban J connectivity index is -0.00000000900. The second kappa shape index (κ2) is 4050. The minimum absolute atomic E-state index is 0. The Labute approximate surface area is 58.8 Å². The Kier molecular flexibility index (Phi) is 16800. The second-order valence-electron chi connectivity index (χ2n) is 0. The Morgan fingerprint density at radius 1 is 0.429 bits per heavy atom. The average molecular weight is 92.1 g/mol. The third-order valence-electron chi connectivity index (χ3n) is 0. The zero-order chi connectivity index (χ0) is 6.00. The van der Waals surface area contributed by atoms with Gasteiger partial charge in [0.25, 0.3) is 0 Å². The van der Waals surface area contributed by atoms with Crippen molar-refractivity contribution in [2.24, 2.45) is 0 Å². The molecule has 0 saturated heterocycles. The van der Waals surface area contributed by atoms with Gasteiger partial charge >= 0.3 is 18.9 Å². The fraction of sp³-hybridized carbons (Fsp3) is 0. The summed E-state index contributed by atoms with van der Waals surface area (Å²) in [6.45, 7) is 18.0. The van der Waals surface area contributed by atoms with Gasteiger partial charge in [-0.25, -0.2) is 0 Å². The standard InChI is InChI=1S/3C2H4.Li.H/c3*1-2;;/h3*1-2H2;;. The Morgan fingerprint density at radius 2 is 0.429 bits per heavy atom. The van der Waals surface area contributed by atoms with E-state index in [1.807, 2.05) is 0 Å². The molecule has 0 bridgehead atoms.